The van der Waals surface area contributed by atoms with Gasteiger partial charge < -0.3 is 15.4 Å². The Bertz CT molecular complexity index is 291. The molecule has 0 amide bonds. The van der Waals surface area contributed by atoms with Crippen LogP contribution < -0.4 is 10.6 Å². The predicted octanol–water partition coefficient (Wildman–Crippen LogP) is 1.25. The zero-order valence-electron chi connectivity index (χ0n) is 9.58. The Hall–Kier alpha value is -1.13. The molecule has 4 nitrogen and oxygen atoms in total. The molecule has 0 aromatic carbocycles. The first-order valence-corrected chi connectivity index (χ1v) is 5.13. The molecule has 84 valence electrons. The summed E-state index contributed by atoms with van der Waals surface area (Å²) in [6.07, 6.45) is 1.98. The molecular weight excluding hydrogens is 190 g/mol. The Morgan fingerprint density at radius 2 is 2.33 bits per heavy atom. The molecule has 0 aliphatic carbocycles. The van der Waals surface area contributed by atoms with Gasteiger partial charge in [-0.05, 0) is 20.0 Å². The Kier molecular flexibility index (Phi) is 5.07. The largest absolute Gasteiger partial charge is 0.380 e. The van der Waals surface area contributed by atoms with E-state index in [0.29, 0.717) is 0 Å². The van der Waals surface area contributed by atoms with E-state index in [2.05, 4.69) is 21.7 Å². The molecule has 0 aliphatic rings. The van der Waals surface area contributed by atoms with Crippen molar-refractivity contribution in [3.8, 4) is 0 Å². The summed E-state index contributed by atoms with van der Waals surface area (Å²) in [5.41, 5.74) is 1.17. The second kappa shape index (κ2) is 6.37. The van der Waals surface area contributed by atoms with Crippen molar-refractivity contribution in [2.24, 2.45) is 0 Å². The Morgan fingerprint density at radius 1 is 1.53 bits per heavy atom. The molecule has 0 fully saturated rings. The second-order valence-corrected chi connectivity index (χ2v) is 3.47. The minimum absolute atomic E-state index is 0.189. The molecule has 0 radical (unpaired) electrons. The van der Waals surface area contributed by atoms with Crippen molar-refractivity contribution in [1.29, 1.82) is 0 Å². The Labute approximate surface area is 91.1 Å². The van der Waals surface area contributed by atoms with E-state index in [4.69, 9.17) is 4.74 Å². The maximum absolute atomic E-state index is 5.17. The topological polar surface area (TPSA) is 46.2 Å². The zero-order valence-corrected chi connectivity index (χ0v) is 9.58. The molecule has 1 unspecified atom stereocenters. The van der Waals surface area contributed by atoms with Crippen LogP contribution in [0.25, 0.3) is 0 Å². The average Bonchev–Trinajstić information content (AvgIpc) is 2.28. The molecule has 1 aromatic rings. The van der Waals surface area contributed by atoms with Crippen LogP contribution in [0, 0.1) is 0 Å². The fourth-order valence-electron chi connectivity index (χ4n) is 1.25. The van der Waals surface area contributed by atoms with Crippen LogP contribution in [0.3, 0.4) is 0 Å². The summed E-state index contributed by atoms with van der Waals surface area (Å²) in [5, 5.41) is 6.39. The highest BCUT2D eigenvalue weighted by Gasteiger charge is 2.03. The summed E-state index contributed by atoms with van der Waals surface area (Å²) in [6, 6.07) is 4.00. The average molecular weight is 209 g/mol. The van der Waals surface area contributed by atoms with Gasteiger partial charge in [0.1, 0.15) is 5.82 Å². The smallest absolute Gasteiger partial charge is 0.130 e. The lowest BCUT2D eigenvalue weighted by molar-refractivity contribution is 0.128. The number of aromatic nitrogens is 1. The number of nitrogens with zero attached hydrogens (tertiary/aromatic N) is 1. The van der Waals surface area contributed by atoms with E-state index in [-0.39, 0.29) is 6.10 Å². The number of ether oxygens (including phenoxy) is 1. The highest BCUT2D eigenvalue weighted by Crippen LogP contribution is 2.10. The van der Waals surface area contributed by atoms with Gasteiger partial charge in [-0.1, -0.05) is 6.07 Å². The molecule has 2 N–H and O–H groups in total. The summed E-state index contributed by atoms with van der Waals surface area (Å²) < 4.78 is 5.17. The molecule has 0 saturated heterocycles. The maximum Gasteiger partial charge on any atom is 0.130 e. The van der Waals surface area contributed by atoms with E-state index in [1.807, 2.05) is 20.0 Å². The molecule has 0 bridgehead atoms. The third-order valence-electron chi connectivity index (χ3n) is 2.22. The highest BCUT2D eigenvalue weighted by molar-refractivity contribution is 5.43. The van der Waals surface area contributed by atoms with Gasteiger partial charge in [0.2, 0.25) is 0 Å². The lowest BCUT2D eigenvalue weighted by Crippen LogP contribution is -2.20. The number of rotatable bonds is 6. The van der Waals surface area contributed by atoms with Crippen LogP contribution in [0.1, 0.15) is 12.5 Å². The lowest BCUT2D eigenvalue weighted by atomic mass is 10.2. The van der Waals surface area contributed by atoms with Crippen molar-refractivity contribution in [1.82, 2.24) is 10.3 Å². The number of hydrogen-bond donors (Lipinski definition) is 2. The van der Waals surface area contributed by atoms with Crippen molar-refractivity contribution in [3.05, 3.63) is 23.9 Å². The first kappa shape index (κ1) is 11.9. The molecular formula is C11H19N3O. The van der Waals surface area contributed by atoms with Gasteiger partial charge in [-0.15, -0.1) is 0 Å². The van der Waals surface area contributed by atoms with Crippen LogP contribution in [-0.2, 0) is 11.3 Å². The van der Waals surface area contributed by atoms with Crippen molar-refractivity contribution >= 4 is 5.82 Å². The number of pyridine rings is 1. The number of nitrogens with one attached hydrogen (secondary N) is 2. The van der Waals surface area contributed by atoms with E-state index in [1.165, 1.54) is 5.56 Å². The van der Waals surface area contributed by atoms with Gasteiger partial charge in [0.05, 0.1) is 6.10 Å². The Morgan fingerprint density at radius 3 is 3.00 bits per heavy atom. The molecule has 1 heterocycles. The fraction of sp³-hybridized carbons (Fsp3) is 0.545. The quantitative estimate of drug-likeness (QED) is 0.740. The van der Waals surface area contributed by atoms with Crippen molar-refractivity contribution < 1.29 is 4.74 Å². The molecule has 4 heteroatoms. The monoisotopic (exact) mass is 209 g/mol. The van der Waals surface area contributed by atoms with E-state index in [9.17, 15) is 0 Å². The fourth-order valence-corrected chi connectivity index (χ4v) is 1.25. The van der Waals surface area contributed by atoms with E-state index in [1.54, 1.807) is 13.3 Å². The third-order valence-corrected chi connectivity index (χ3v) is 2.22. The van der Waals surface area contributed by atoms with Crippen LogP contribution in [0.2, 0.25) is 0 Å². The van der Waals surface area contributed by atoms with Crippen LogP contribution in [0.15, 0.2) is 18.3 Å². The normalized spacial score (nSPS) is 12.5. The second-order valence-electron chi connectivity index (χ2n) is 3.47. The highest BCUT2D eigenvalue weighted by atomic mass is 16.5. The van der Waals surface area contributed by atoms with Gasteiger partial charge >= 0.3 is 0 Å². The molecule has 15 heavy (non-hydrogen) atoms. The van der Waals surface area contributed by atoms with E-state index < -0.39 is 0 Å². The number of anilines is 1. The Balaban J connectivity index is 2.58. The van der Waals surface area contributed by atoms with E-state index >= 15 is 0 Å². The van der Waals surface area contributed by atoms with Gasteiger partial charge in [-0.3, -0.25) is 0 Å². The molecule has 0 saturated carbocycles. The predicted molar refractivity (Wildman–Crippen MR) is 62.0 cm³/mol. The standard InChI is InChI=1S/C11H19N3O/c1-9(15-3)7-14-11-10(8-12-2)5-4-6-13-11/h4-6,9,12H,7-8H2,1-3H3,(H,13,14). The molecule has 1 aromatic heterocycles. The minimum Gasteiger partial charge on any atom is -0.380 e. The minimum atomic E-state index is 0.189. The van der Waals surface area contributed by atoms with Crippen LogP contribution >= 0.6 is 0 Å². The van der Waals surface area contributed by atoms with E-state index in [0.717, 1.165) is 18.9 Å². The van der Waals surface area contributed by atoms with Crippen molar-refractivity contribution in [2.75, 3.05) is 26.0 Å². The number of hydrogen-bond acceptors (Lipinski definition) is 4. The zero-order chi connectivity index (χ0) is 11.1. The third kappa shape index (κ3) is 3.85. The first-order chi connectivity index (χ1) is 7.27. The number of methoxy groups -OCH3 is 1. The van der Waals surface area contributed by atoms with Gasteiger partial charge in [-0.2, -0.15) is 0 Å². The van der Waals surface area contributed by atoms with Crippen LogP contribution in [0.4, 0.5) is 5.82 Å². The summed E-state index contributed by atoms with van der Waals surface area (Å²) >= 11 is 0. The van der Waals surface area contributed by atoms with Gasteiger partial charge in [0.15, 0.2) is 0 Å². The van der Waals surface area contributed by atoms with Gasteiger partial charge in [0.25, 0.3) is 0 Å². The van der Waals surface area contributed by atoms with Crippen molar-refractivity contribution in [2.45, 2.75) is 19.6 Å². The van der Waals surface area contributed by atoms with Gasteiger partial charge in [-0.25, -0.2) is 4.98 Å². The first-order valence-electron chi connectivity index (χ1n) is 5.13. The van der Waals surface area contributed by atoms with Crippen LogP contribution in [0.5, 0.6) is 0 Å². The SMILES string of the molecule is CNCc1cccnc1NCC(C)OC. The summed E-state index contributed by atoms with van der Waals surface area (Å²) in [4.78, 5) is 4.30. The summed E-state index contributed by atoms with van der Waals surface area (Å²) in [6.45, 7) is 3.61. The van der Waals surface area contributed by atoms with Crippen LogP contribution in [-0.4, -0.2) is 31.8 Å². The summed E-state index contributed by atoms with van der Waals surface area (Å²) in [5.74, 6) is 0.927. The molecule has 1 atom stereocenters. The maximum atomic E-state index is 5.17. The molecule has 0 spiro atoms. The lowest BCUT2D eigenvalue weighted by Gasteiger charge is -2.13. The summed E-state index contributed by atoms with van der Waals surface area (Å²) in [7, 11) is 3.63. The van der Waals surface area contributed by atoms with Crippen molar-refractivity contribution in [3.63, 3.8) is 0 Å². The van der Waals surface area contributed by atoms with Gasteiger partial charge in [0, 0.05) is 32.0 Å². The molecule has 1 rings (SSSR count). The molecule has 0 aliphatic heterocycles.